The Morgan fingerprint density at radius 2 is 2.09 bits per heavy atom. The van der Waals surface area contributed by atoms with E-state index in [0.717, 1.165) is 40.4 Å². The van der Waals surface area contributed by atoms with Crippen molar-refractivity contribution in [1.29, 1.82) is 0 Å². The number of thiazole rings is 1. The average Bonchev–Trinajstić information content (AvgIpc) is 3.01. The second kappa shape index (κ2) is 6.85. The summed E-state index contributed by atoms with van der Waals surface area (Å²) in [4.78, 5) is 9.14. The van der Waals surface area contributed by atoms with Crippen LogP contribution in [-0.4, -0.2) is 16.5 Å². The molecule has 2 heterocycles. The van der Waals surface area contributed by atoms with Crippen molar-refractivity contribution >= 4 is 33.1 Å². The topological polar surface area (TPSA) is 49.8 Å². The highest BCUT2D eigenvalue weighted by Crippen LogP contribution is 2.27. The SMILES string of the molecule is CCCNC(C)c1csc(Nc2cccc3cccnc23)n1. The zero-order chi connectivity index (χ0) is 15.4. The summed E-state index contributed by atoms with van der Waals surface area (Å²) in [7, 11) is 0. The van der Waals surface area contributed by atoms with E-state index in [1.807, 2.05) is 24.4 Å². The molecule has 0 saturated heterocycles. The largest absolute Gasteiger partial charge is 0.330 e. The highest BCUT2D eigenvalue weighted by atomic mass is 32.1. The first-order chi connectivity index (χ1) is 10.8. The zero-order valence-electron chi connectivity index (χ0n) is 12.8. The van der Waals surface area contributed by atoms with Gasteiger partial charge in [-0.1, -0.05) is 25.1 Å². The Hall–Kier alpha value is -1.98. The fourth-order valence-electron chi connectivity index (χ4n) is 2.33. The Morgan fingerprint density at radius 3 is 2.95 bits per heavy atom. The number of nitrogens with zero attached hydrogens (tertiary/aromatic N) is 2. The van der Waals surface area contributed by atoms with Gasteiger partial charge in [-0.15, -0.1) is 11.3 Å². The molecule has 0 saturated carbocycles. The van der Waals surface area contributed by atoms with Gasteiger partial charge in [-0.2, -0.15) is 0 Å². The number of fused-ring (bicyclic) bond motifs is 1. The summed E-state index contributed by atoms with van der Waals surface area (Å²) in [6.07, 6.45) is 2.94. The second-order valence-electron chi connectivity index (χ2n) is 5.26. The molecular formula is C17H20N4S. The third-order valence-corrected chi connectivity index (χ3v) is 4.32. The highest BCUT2D eigenvalue weighted by Gasteiger charge is 2.10. The molecule has 22 heavy (non-hydrogen) atoms. The molecule has 3 rings (SSSR count). The predicted octanol–water partition coefficient (Wildman–Crippen LogP) is 4.50. The van der Waals surface area contributed by atoms with Crippen molar-refractivity contribution in [3.8, 4) is 0 Å². The summed E-state index contributed by atoms with van der Waals surface area (Å²) in [6.45, 7) is 5.32. The first kappa shape index (κ1) is 14.9. The van der Waals surface area contributed by atoms with Gasteiger partial charge in [0.25, 0.3) is 0 Å². The van der Waals surface area contributed by atoms with Crippen molar-refractivity contribution < 1.29 is 0 Å². The maximum atomic E-state index is 4.68. The number of rotatable bonds is 6. The number of anilines is 2. The molecule has 0 bridgehead atoms. The lowest BCUT2D eigenvalue weighted by Crippen LogP contribution is -2.19. The standard InChI is InChI=1S/C17H20N4S/c1-3-9-18-12(2)15-11-22-17(21-15)20-14-8-4-6-13-7-5-10-19-16(13)14/h4-8,10-12,18H,3,9H2,1-2H3,(H,20,21). The van der Waals surface area contributed by atoms with Crippen LogP contribution in [0.4, 0.5) is 10.8 Å². The van der Waals surface area contributed by atoms with Crippen LogP contribution < -0.4 is 10.6 Å². The van der Waals surface area contributed by atoms with Gasteiger partial charge < -0.3 is 10.6 Å². The van der Waals surface area contributed by atoms with Gasteiger partial charge >= 0.3 is 0 Å². The molecular weight excluding hydrogens is 292 g/mol. The van der Waals surface area contributed by atoms with Crippen LogP contribution in [0.15, 0.2) is 41.9 Å². The summed E-state index contributed by atoms with van der Waals surface area (Å²) >= 11 is 1.62. The molecule has 5 heteroatoms. The van der Waals surface area contributed by atoms with Crippen LogP contribution in [0.3, 0.4) is 0 Å². The van der Waals surface area contributed by atoms with Gasteiger partial charge in [0, 0.05) is 23.0 Å². The van der Waals surface area contributed by atoms with Crippen molar-refractivity contribution in [2.75, 3.05) is 11.9 Å². The van der Waals surface area contributed by atoms with E-state index in [1.165, 1.54) is 0 Å². The molecule has 0 amide bonds. The van der Waals surface area contributed by atoms with E-state index in [-0.39, 0.29) is 6.04 Å². The van der Waals surface area contributed by atoms with Crippen LogP contribution in [0.2, 0.25) is 0 Å². The second-order valence-corrected chi connectivity index (χ2v) is 6.12. The number of benzene rings is 1. The highest BCUT2D eigenvalue weighted by molar-refractivity contribution is 7.13. The lowest BCUT2D eigenvalue weighted by molar-refractivity contribution is 0.561. The Bertz CT molecular complexity index is 748. The minimum Gasteiger partial charge on any atom is -0.330 e. The number of para-hydroxylation sites is 1. The molecule has 1 aromatic carbocycles. The molecule has 0 radical (unpaired) electrons. The predicted molar refractivity (Wildman–Crippen MR) is 93.8 cm³/mol. The van der Waals surface area contributed by atoms with Gasteiger partial charge in [-0.05, 0) is 32.0 Å². The zero-order valence-corrected chi connectivity index (χ0v) is 13.7. The lowest BCUT2D eigenvalue weighted by Gasteiger charge is -2.10. The quantitative estimate of drug-likeness (QED) is 0.704. The summed E-state index contributed by atoms with van der Waals surface area (Å²) in [5, 5.41) is 11.0. The molecule has 1 atom stereocenters. The van der Waals surface area contributed by atoms with Gasteiger partial charge in [0.15, 0.2) is 5.13 Å². The van der Waals surface area contributed by atoms with Crippen LogP contribution in [0.1, 0.15) is 32.0 Å². The molecule has 2 aromatic heterocycles. The van der Waals surface area contributed by atoms with Crippen LogP contribution in [0.5, 0.6) is 0 Å². The normalized spacial score (nSPS) is 12.5. The maximum Gasteiger partial charge on any atom is 0.187 e. The van der Waals surface area contributed by atoms with Gasteiger partial charge in [0.05, 0.1) is 16.9 Å². The first-order valence-electron chi connectivity index (χ1n) is 7.57. The van der Waals surface area contributed by atoms with E-state index < -0.39 is 0 Å². The van der Waals surface area contributed by atoms with Crippen molar-refractivity contribution in [2.24, 2.45) is 0 Å². The molecule has 0 aliphatic rings. The van der Waals surface area contributed by atoms with Crippen LogP contribution in [0, 0.1) is 0 Å². The first-order valence-corrected chi connectivity index (χ1v) is 8.45. The Labute approximate surface area is 134 Å². The molecule has 0 aliphatic heterocycles. The number of hydrogen-bond donors (Lipinski definition) is 2. The Kier molecular flexibility index (Phi) is 4.65. The summed E-state index contributed by atoms with van der Waals surface area (Å²) in [5.74, 6) is 0. The van der Waals surface area contributed by atoms with Gasteiger partial charge in [0.1, 0.15) is 0 Å². The summed E-state index contributed by atoms with van der Waals surface area (Å²) < 4.78 is 0. The molecule has 3 aromatic rings. The number of hydrogen-bond acceptors (Lipinski definition) is 5. The smallest absolute Gasteiger partial charge is 0.187 e. The van der Waals surface area contributed by atoms with E-state index in [1.54, 1.807) is 11.3 Å². The van der Waals surface area contributed by atoms with E-state index in [2.05, 4.69) is 52.0 Å². The third-order valence-electron chi connectivity index (χ3n) is 3.54. The van der Waals surface area contributed by atoms with Crippen molar-refractivity contribution in [3.63, 3.8) is 0 Å². The van der Waals surface area contributed by atoms with E-state index in [0.29, 0.717) is 0 Å². The number of pyridine rings is 1. The summed E-state index contributed by atoms with van der Waals surface area (Å²) in [5.41, 5.74) is 3.04. The van der Waals surface area contributed by atoms with Crippen molar-refractivity contribution in [1.82, 2.24) is 15.3 Å². The average molecular weight is 312 g/mol. The molecule has 114 valence electrons. The molecule has 0 aliphatic carbocycles. The van der Waals surface area contributed by atoms with Crippen molar-refractivity contribution in [2.45, 2.75) is 26.3 Å². The summed E-state index contributed by atoms with van der Waals surface area (Å²) in [6, 6.07) is 10.4. The fraction of sp³-hybridized carbons (Fsp3) is 0.294. The van der Waals surface area contributed by atoms with Crippen LogP contribution in [-0.2, 0) is 0 Å². The molecule has 1 unspecified atom stereocenters. The van der Waals surface area contributed by atoms with Gasteiger partial charge in [-0.3, -0.25) is 4.98 Å². The fourth-order valence-corrected chi connectivity index (χ4v) is 3.14. The number of aromatic nitrogens is 2. The minimum absolute atomic E-state index is 0.275. The minimum atomic E-state index is 0.275. The van der Waals surface area contributed by atoms with E-state index >= 15 is 0 Å². The monoisotopic (exact) mass is 312 g/mol. The van der Waals surface area contributed by atoms with Gasteiger partial charge in [-0.25, -0.2) is 4.98 Å². The van der Waals surface area contributed by atoms with Crippen molar-refractivity contribution in [3.05, 3.63) is 47.6 Å². The molecule has 0 spiro atoms. The Morgan fingerprint density at radius 1 is 1.23 bits per heavy atom. The lowest BCUT2D eigenvalue weighted by atomic mass is 10.2. The number of nitrogens with one attached hydrogen (secondary N) is 2. The molecule has 0 fully saturated rings. The molecule has 4 nitrogen and oxygen atoms in total. The molecule has 2 N–H and O–H groups in total. The Balaban J connectivity index is 1.79. The maximum absolute atomic E-state index is 4.68. The van der Waals surface area contributed by atoms with E-state index in [9.17, 15) is 0 Å². The third kappa shape index (κ3) is 3.26. The van der Waals surface area contributed by atoms with Crippen LogP contribution in [0.25, 0.3) is 10.9 Å². The van der Waals surface area contributed by atoms with Gasteiger partial charge in [0.2, 0.25) is 0 Å². The van der Waals surface area contributed by atoms with E-state index in [4.69, 9.17) is 0 Å². The van der Waals surface area contributed by atoms with Crippen LogP contribution >= 0.6 is 11.3 Å².